The lowest BCUT2D eigenvalue weighted by atomic mass is 10.3. The molecule has 0 N–H and O–H groups in total. The van der Waals surface area contributed by atoms with Crippen molar-refractivity contribution in [2.45, 2.75) is 6.92 Å². The Balaban J connectivity index is 2.18. The molecular weight excluding hydrogens is 104 g/mol. The van der Waals surface area contributed by atoms with Crippen LogP contribution in [0.4, 0.5) is 0 Å². The molecule has 1 heterocycles. The van der Waals surface area contributed by atoms with Crippen LogP contribution < -0.4 is 0 Å². The summed E-state index contributed by atoms with van der Waals surface area (Å²) in [4.78, 5) is 10.6. The van der Waals surface area contributed by atoms with Crippen molar-refractivity contribution in [1.29, 1.82) is 0 Å². The molecule has 0 amide bonds. The molecule has 0 aromatic rings. The van der Waals surface area contributed by atoms with Gasteiger partial charge in [-0.25, -0.2) is 0 Å². The van der Waals surface area contributed by atoms with E-state index >= 15 is 0 Å². The Bertz CT molecular complexity index is 141. The van der Waals surface area contributed by atoms with E-state index in [0.29, 0.717) is 18.4 Å². The molecule has 1 saturated carbocycles. The fourth-order valence-electron chi connectivity index (χ4n) is 1.47. The smallest absolute Gasteiger partial charge is 0.309 e. The molecule has 0 spiro atoms. The Labute approximate surface area is 47.8 Å². The van der Waals surface area contributed by atoms with Crippen molar-refractivity contribution < 1.29 is 9.53 Å². The zero-order valence-corrected chi connectivity index (χ0v) is 4.76. The number of ether oxygens (including phenoxy) is 1. The summed E-state index contributed by atoms with van der Waals surface area (Å²) in [5.74, 6) is 1.52. The quantitative estimate of drug-likeness (QED) is 0.425. The van der Waals surface area contributed by atoms with E-state index in [2.05, 4.69) is 6.92 Å². The Hall–Kier alpha value is -0.530. The predicted molar refractivity (Wildman–Crippen MR) is 27.1 cm³/mol. The van der Waals surface area contributed by atoms with E-state index in [1.165, 1.54) is 0 Å². The second-order valence-corrected chi connectivity index (χ2v) is 2.68. The largest absolute Gasteiger partial charge is 0.465 e. The monoisotopic (exact) mass is 112 g/mol. The maximum atomic E-state index is 10.6. The van der Waals surface area contributed by atoms with Crippen molar-refractivity contribution in [2.24, 2.45) is 17.8 Å². The van der Waals surface area contributed by atoms with Gasteiger partial charge < -0.3 is 4.74 Å². The summed E-state index contributed by atoms with van der Waals surface area (Å²) in [5, 5.41) is 0. The van der Waals surface area contributed by atoms with E-state index < -0.39 is 0 Å². The van der Waals surface area contributed by atoms with Gasteiger partial charge in [-0.1, -0.05) is 6.92 Å². The average Bonchev–Trinajstić information content (AvgIpc) is 2.13. The molecule has 2 rings (SSSR count). The summed E-state index contributed by atoms with van der Waals surface area (Å²) >= 11 is 0. The third-order valence-electron chi connectivity index (χ3n) is 2.25. The van der Waals surface area contributed by atoms with Crippen LogP contribution >= 0.6 is 0 Å². The highest BCUT2D eigenvalue weighted by molar-refractivity contribution is 5.78. The van der Waals surface area contributed by atoms with Crippen molar-refractivity contribution in [3.8, 4) is 0 Å². The van der Waals surface area contributed by atoms with E-state index in [1.807, 2.05) is 0 Å². The number of rotatable bonds is 0. The molecule has 1 aliphatic carbocycles. The van der Waals surface area contributed by atoms with Gasteiger partial charge in [-0.3, -0.25) is 4.79 Å². The Morgan fingerprint density at radius 2 is 2.50 bits per heavy atom. The van der Waals surface area contributed by atoms with Gasteiger partial charge in [0.15, 0.2) is 0 Å². The van der Waals surface area contributed by atoms with Gasteiger partial charge in [0.05, 0.1) is 12.5 Å². The molecule has 0 aromatic heterocycles. The van der Waals surface area contributed by atoms with Gasteiger partial charge in [0, 0.05) is 5.92 Å². The maximum Gasteiger partial charge on any atom is 0.309 e. The number of hydrogen-bond acceptors (Lipinski definition) is 2. The van der Waals surface area contributed by atoms with Crippen molar-refractivity contribution in [3.63, 3.8) is 0 Å². The SMILES string of the molecule is C[C@H]1[C@@H]2COC(=O)[C@H]12. The molecule has 0 aromatic carbocycles. The molecule has 1 aliphatic heterocycles. The topological polar surface area (TPSA) is 26.3 Å². The third-order valence-corrected chi connectivity index (χ3v) is 2.25. The Kier molecular flexibility index (Phi) is 0.581. The lowest BCUT2D eigenvalue weighted by Gasteiger charge is -1.94. The van der Waals surface area contributed by atoms with Crippen molar-refractivity contribution in [1.82, 2.24) is 0 Å². The number of esters is 1. The Morgan fingerprint density at radius 3 is 2.75 bits per heavy atom. The van der Waals surface area contributed by atoms with Crippen LogP contribution in [0.2, 0.25) is 0 Å². The van der Waals surface area contributed by atoms with Crippen LogP contribution in [0, 0.1) is 17.8 Å². The lowest BCUT2D eigenvalue weighted by molar-refractivity contribution is -0.141. The molecule has 3 atom stereocenters. The first-order chi connectivity index (χ1) is 3.80. The fourth-order valence-corrected chi connectivity index (χ4v) is 1.47. The van der Waals surface area contributed by atoms with Crippen LogP contribution in [0.5, 0.6) is 0 Å². The van der Waals surface area contributed by atoms with Crippen LogP contribution in [-0.4, -0.2) is 12.6 Å². The molecule has 2 heteroatoms. The molecule has 0 unspecified atom stereocenters. The minimum atomic E-state index is 0.0301. The molecule has 2 fully saturated rings. The zero-order chi connectivity index (χ0) is 5.72. The first-order valence-electron chi connectivity index (χ1n) is 2.97. The summed E-state index contributed by atoms with van der Waals surface area (Å²) in [6.45, 7) is 2.79. The molecule has 2 aliphatic rings. The second kappa shape index (κ2) is 1.07. The van der Waals surface area contributed by atoms with Crippen LogP contribution in [-0.2, 0) is 9.53 Å². The molecule has 44 valence electrons. The summed E-state index contributed by atoms with van der Waals surface area (Å²) in [5.41, 5.74) is 0. The summed E-state index contributed by atoms with van der Waals surface area (Å²) in [6, 6.07) is 0. The van der Waals surface area contributed by atoms with Gasteiger partial charge >= 0.3 is 5.97 Å². The minimum Gasteiger partial charge on any atom is -0.465 e. The summed E-state index contributed by atoms with van der Waals surface area (Å²) in [7, 11) is 0. The van der Waals surface area contributed by atoms with Gasteiger partial charge in [-0.05, 0) is 5.92 Å². The number of hydrogen-bond donors (Lipinski definition) is 0. The average molecular weight is 112 g/mol. The van der Waals surface area contributed by atoms with E-state index in [9.17, 15) is 4.79 Å². The van der Waals surface area contributed by atoms with Crippen LogP contribution in [0.3, 0.4) is 0 Å². The molecule has 0 bridgehead atoms. The first-order valence-corrected chi connectivity index (χ1v) is 2.97. The molecule has 8 heavy (non-hydrogen) atoms. The number of cyclic esters (lactones) is 1. The van der Waals surface area contributed by atoms with Crippen LogP contribution in [0.15, 0.2) is 0 Å². The molecule has 0 radical (unpaired) electrons. The third kappa shape index (κ3) is 0.320. The van der Waals surface area contributed by atoms with Gasteiger partial charge in [-0.2, -0.15) is 0 Å². The van der Waals surface area contributed by atoms with E-state index in [4.69, 9.17) is 4.74 Å². The van der Waals surface area contributed by atoms with Gasteiger partial charge in [-0.15, -0.1) is 0 Å². The molecular formula is C6H8O2. The first kappa shape index (κ1) is 4.36. The molecule has 1 saturated heterocycles. The van der Waals surface area contributed by atoms with E-state index in [0.717, 1.165) is 0 Å². The van der Waals surface area contributed by atoms with Crippen molar-refractivity contribution >= 4 is 5.97 Å². The van der Waals surface area contributed by atoms with Crippen LogP contribution in [0.1, 0.15) is 6.92 Å². The highest BCUT2D eigenvalue weighted by atomic mass is 16.5. The standard InChI is InChI=1S/C6H8O2/c1-3-4-2-8-6(7)5(3)4/h3-5H,2H2,1H3/t3-,4-,5+/m0/s1. The van der Waals surface area contributed by atoms with Crippen LogP contribution in [0.25, 0.3) is 0 Å². The van der Waals surface area contributed by atoms with Crippen molar-refractivity contribution in [3.05, 3.63) is 0 Å². The summed E-state index contributed by atoms with van der Waals surface area (Å²) < 4.78 is 4.75. The van der Waals surface area contributed by atoms with Crippen molar-refractivity contribution in [2.75, 3.05) is 6.61 Å². The number of fused-ring (bicyclic) bond motifs is 1. The van der Waals surface area contributed by atoms with Gasteiger partial charge in [0.25, 0.3) is 0 Å². The minimum absolute atomic E-state index is 0.0301. The number of carbonyl (C=O) groups excluding carboxylic acids is 1. The fraction of sp³-hybridized carbons (Fsp3) is 0.833. The van der Waals surface area contributed by atoms with E-state index in [-0.39, 0.29) is 11.9 Å². The second-order valence-electron chi connectivity index (χ2n) is 2.68. The normalized spacial score (nSPS) is 50.6. The predicted octanol–water partition coefficient (Wildman–Crippen LogP) is 0.425. The Morgan fingerprint density at radius 1 is 1.75 bits per heavy atom. The lowest BCUT2D eigenvalue weighted by Crippen LogP contribution is -2.02. The van der Waals surface area contributed by atoms with Gasteiger partial charge in [0.1, 0.15) is 0 Å². The highest BCUT2D eigenvalue weighted by Crippen LogP contribution is 2.50. The summed E-state index contributed by atoms with van der Waals surface area (Å²) in [6.07, 6.45) is 0. The van der Waals surface area contributed by atoms with E-state index in [1.54, 1.807) is 0 Å². The number of carbonyl (C=O) groups is 1. The highest BCUT2D eigenvalue weighted by Gasteiger charge is 2.57. The maximum absolute atomic E-state index is 10.6. The molecule has 2 nitrogen and oxygen atoms in total. The zero-order valence-electron chi connectivity index (χ0n) is 4.76. The van der Waals surface area contributed by atoms with Gasteiger partial charge in [0.2, 0.25) is 0 Å².